The normalized spacial score (nSPS) is 11.6. The van der Waals surface area contributed by atoms with E-state index in [9.17, 15) is 14.0 Å². The van der Waals surface area contributed by atoms with E-state index in [0.29, 0.717) is 16.8 Å². The van der Waals surface area contributed by atoms with E-state index in [1.807, 2.05) is 0 Å². The Hall–Kier alpha value is -2.31. The van der Waals surface area contributed by atoms with Crippen LogP contribution in [0.15, 0.2) is 36.4 Å². The van der Waals surface area contributed by atoms with Crippen LogP contribution < -0.4 is 10.6 Å². The fourth-order valence-electron chi connectivity index (χ4n) is 2.22. The van der Waals surface area contributed by atoms with Crippen molar-refractivity contribution in [3.63, 3.8) is 0 Å². The minimum Gasteiger partial charge on any atom is -0.450 e. The quantitative estimate of drug-likeness (QED) is 0.680. The Labute approximate surface area is 160 Å². The van der Waals surface area contributed by atoms with Gasteiger partial charge in [-0.25, -0.2) is 9.18 Å². The monoisotopic (exact) mass is 398 g/mol. The van der Waals surface area contributed by atoms with Gasteiger partial charge in [-0.3, -0.25) is 10.1 Å². The largest absolute Gasteiger partial charge is 0.450 e. The second-order valence-electron chi connectivity index (χ2n) is 5.41. The average Bonchev–Trinajstić information content (AvgIpc) is 2.58. The molecule has 1 atom stereocenters. The molecule has 0 radical (unpaired) electrons. The zero-order valence-electron chi connectivity index (χ0n) is 14.1. The molecule has 0 saturated carbocycles. The van der Waals surface area contributed by atoms with Crippen LogP contribution in [0.4, 0.5) is 14.9 Å². The highest BCUT2D eigenvalue weighted by Crippen LogP contribution is 2.28. The zero-order chi connectivity index (χ0) is 19.3. The summed E-state index contributed by atoms with van der Waals surface area (Å²) in [7, 11) is 0. The van der Waals surface area contributed by atoms with Crippen molar-refractivity contribution in [1.29, 1.82) is 0 Å². The molecule has 2 amide bonds. The van der Waals surface area contributed by atoms with Gasteiger partial charge in [-0.1, -0.05) is 23.2 Å². The molecule has 0 saturated heterocycles. The second kappa shape index (κ2) is 8.87. The number of hydrogen-bond acceptors (Lipinski definition) is 3. The van der Waals surface area contributed by atoms with Crippen LogP contribution in [0.5, 0.6) is 0 Å². The Morgan fingerprint density at radius 3 is 2.42 bits per heavy atom. The molecule has 0 bridgehead atoms. The van der Waals surface area contributed by atoms with Crippen LogP contribution in [0.3, 0.4) is 0 Å². The summed E-state index contributed by atoms with van der Waals surface area (Å²) in [5.41, 5.74) is 1.29. The van der Waals surface area contributed by atoms with Gasteiger partial charge in [0.05, 0.1) is 17.7 Å². The Balaban J connectivity index is 2.05. The van der Waals surface area contributed by atoms with Gasteiger partial charge < -0.3 is 10.1 Å². The number of hydrogen-bond donors (Lipinski definition) is 2. The van der Waals surface area contributed by atoms with Crippen LogP contribution in [0, 0.1) is 5.82 Å². The maximum Gasteiger partial charge on any atom is 0.411 e. The topological polar surface area (TPSA) is 67.4 Å². The molecule has 0 heterocycles. The van der Waals surface area contributed by atoms with E-state index in [-0.39, 0.29) is 22.6 Å². The van der Waals surface area contributed by atoms with Gasteiger partial charge in [0.1, 0.15) is 5.82 Å². The molecule has 0 unspecified atom stereocenters. The Morgan fingerprint density at radius 2 is 1.81 bits per heavy atom. The third-order valence-corrected chi connectivity index (χ3v) is 4.14. The highest BCUT2D eigenvalue weighted by Gasteiger charge is 2.16. The summed E-state index contributed by atoms with van der Waals surface area (Å²) in [6.45, 7) is 3.65. The molecule has 0 aromatic heterocycles. The fourth-order valence-corrected chi connectivity index (χ4v) is 2.76. The Bertz CT molecular complexity index is 813. The van der Waals surface area contributed by atoms with Gasteiger partial charge in [0.2, 0.25) is 0 Å². The van der Waals surface area contributed by atoms with Crippen LogP contribution in [0.1, 0.15) is 35.8 Å². The first-order chi connectivity index (χ1) is 12.3. The van der Waals surface area contributed by atoms with Crippen LogP contribution in [0.25, 0.3) is 0 Å². The lowest BCUT2D eigenvalue weighted by molar-refractivity contribution is 0.0940. The first-order valence-corrected chi connectivity index (χ1v) is 8.56. The van der Waals surface area contributed by atoms with Gasteiger partial charge in [0.15, 0.2) is 0 Å². The molecule has 0 aliphatic heterocycles. The van der Waals surface area contributed by atoms with Crippen LogP contribution in [0.2, 0.25) is 10.0 Å². The van der Waals surface area contributed by atoms with Crippen molar-refractivity contribution in [2.24, 2.45) is 0 Å². The van der Waals surface area contributed by atoms with E-state index in [0.717, 1.165) is 0 Å². The lowest BCUT2D eigenvalue weighted by Gasteiger charge is -2.16. The highest BCUT2D eigenvalue weighted by molar-refractivity contribution is 6.35. The van der Waals surface area contributed by atoms with Gasteiger partial charge >= 0.3 is 6.09 Å². The SMILES string of the molecule is CCOC(=O)Nc1ccc(C(=O)N[C@@H](C)c2cc(F)c(Cl)cc2Cl)cc1. The van der Waals surface area contributed by atoms with Crippen molar-refractivity contribution in [1.82, 2.24) is 5.32 Å². The molecule has 0 spiro atoms. The highest BCUT2D eigenvalue weighted by atomic mass is 35.5. The Kier molecular flexibility index (Phi) is 6.83. The number of benzene rings is 2. The van der Waals surface area contributed by atoms with Crippen molar-refractivity contribution < 1.29 is 18.7 Å². The van der Waals surface area contributed by atoms with E-state index in [1.165, 1.54) is 12.1 Å². The van der Waals surface area contributed by atoms with Crippen LogP contribution >= 0.6 is 23.2 Å². The molecule has 5 nitrogen and oxygen atoms in total. The van der Waals surface area contributed by atoms with Crippen molar-refractivity contribution >= 4 is 40.9 Å². The maximum atomic E-state index is 13.6. The zero-order valence-corrected chi connectivity index (χ0v) is 15.6. The number of nitrogens with one attached hydrogen (secondary N) is 2. The van der Waals surface area contributed by atoms with Crippen LogP contribution in [-0.2, 0) is 4.74 Å². The molecule has 138 valence electrons. The molecule has 0 aliphatic carbocycles. The van der Waals surface area contributed by atoms with Crippen molar-refractivity contribution in [3.8, 4) is 0 Å². The summed E-state index contributed by atoms with van der Waals surface area (Å²) in [5, 5.41) is 5.45. The fraction of sp³-hybridized carbons (Fsp3) is 0.222. The standard InChI is InChI=1S/C18H17Cl2FN2O3/c1-3-26-18(25)23-12-6-4-11(5-7-12)17(24)22-10(2)13-8-16(21)15(20)9-14(13)19/h4-10H,3H2,1-2H3,(H,22,24)(H,23,25)/t10-/m0/s1. The first kappa shape index (κ1) is 20.0. The number of carbonyl (C=O) groups is 2. The molecular formula is C18H17Cl2FN2O3. The lowest BCUT2D eigenvalue weighted by atomic mass is 10.1. The van der Waals surface area contributed by atoms with Crippen molar-refractivity contribution in [2.45, 2.75) is 19.9 Å². The summed E-state index contributed by atoms with van der Waals surface area (Å²) < 4.78 is 18.4. The summed E-state index contributed by atoms with van der Waals surface area (Å²) in [4.78, 5) is 23.7. The van der Waals surface area contributed by atoms with Gasteiger partial charge in [-0.2, -0.15) is 0 Å². The third-order valence-electron chi connectivity index (χ3n) is 3.52. The van der Waals surface area contributed by atoms with Gasteiger partial charge in [-0.05, 0) is 55.8 Å². The smallest absolute Gasteiger partial charge is 0.411 e. The molecule has 0 aliphatic rings. The molecule has 2 aromatic carbocycles. The second-order valence-corrected chi connectivity index (χ2v) is 6.22. The molecule has 2 N–H and O–H groups in total. The van der Waals surface area contributed by atoms with Crippen molar-refractivity contribution in [3.05, 3.63) is 63.4 Å². The molecule has 8 heteroatoms. The number of ether oxygens (including phenoxy) is 1. The molecule has 2 aromatic rings. The average molecular weight is 399 g/mol. The molecule has 0 fully saturated rings. The predicted molar refractivity (Wildman–Crippen MR) is 99.4 cm³/mol. The van der Waals surface area contributed by atoms with E-state index in [2.05, 4.69) is 10.6 Å². The van der Waals surface area contributed by atoms with Gasteiger partial charge in [0, 0.05) is 16.3 Å². The van der Waals surface area contributed by atoms with E-state index in [4.69, 9.17) is 27.9 Å². The van der Waals surface area contributed by atoms with E-state index < -0.39 is 18.0 Å². The Morgan fingerprint density at radius 1 is 1.15 bits per heavy atom. The predicted octanol–water partition coefficient (Wildman–Crippen LogP) is 5.19. The van der Waals surface area contributed by atoms with Gasteiger partial charge in [-0.15, -0.1) is 0 Å². The van der Waals surface area contributed by atoms with Gasteiger partial charge in [0.25, 0.3) is 5.91 Å². The number of halogens is 3. The molecule has 26 heavy (non-hydrogen) atoms. The van der Waals surface area contributed by atoms with E-state index in [1.54, 1.807) is 38.1 Å². The summed E-state index contributed by atoms with van der Waals surface area (Å²) >= 11 is 11.7. The number of rotatable bonds is 5. The molecule has 2 rings (SSSR count). The third kappa shape index (κ3) is 5.09. The number of amides is 2. The minimum atomic E-state index is -0.610. The summed E-state index contributed by atoms with van der Waals surface area (Å²) in [6.07, 6.45) is -0.572. The minimum absolute atomic E-state index is 0.0815. The summed E-state index contributed by atoms with van der Waals surface area (Å²) in [6, 6.07) is 8.21. The number of anilines is 1. The first-order valence-electron chi connectivity index (χ1n) is 7.81. The summed E-state index contributed by atoms with van der Waals surface area (Å²) in [5.74, 6) is -0.979. The van der Waals surface area contributed by atoms with Crippen LogP contribution in [-0.4, -0.2) is 18.6 Å². The molecular weight excluding hydrogens is 382 g/mol. The number of carbonyl (C=O) groups excluding carboxylic acids is 2. The maximum absolute atomic E-state index is 13.6. The van der Waals surface area contributed by atoms with Crippen molar-refractivity contribution in [2.75, 3.05) is 11.9 Å². The lowest BCUT2D eigenvalue weighted by Crippen LogP contribution is -2.27. The van der Waals surface area contributed by atoms with E-state index >= 15 is 0 Å².